The first-order valence-corrected chi connectivity index (χ1v) is 26.0. The Balaban J connectivity index is 1.14. The Morgan fingerprint density at radius 2 is 0.654 bits per heavy atom. The van der Waals surface area contributed by atoms with Crippen molar-refractivity contribution in [2.75, 3.05) is 9.80 Å². The molecule has 382 valence electrons. The molecular weight excluding hydrogens is 991 g/mol. The summed E-state index contributed by atoms with van der Waals surface area (Å²) in [6.45, 7) is 8.57. The minimum atomic E-state index is -4.62. The van der Waals surface area contributed by atoms with Crippen LogP contribution >= 0.6 is 0 Å². The molecule has 0 spiro atoms. The molecule has 0 unspecified atom stereocenters. The van der Waals surface area contributed by atoms with Crippen LogP contribution in [-0.2, 0) is 12.4 Å². The second-order valence-electron chi connectivity index (χ2n) is 20.9. The summed E-state index contributed by atoms with van der Waals surface area (Å²) in [7, 11) is 0. The highest BCUT2D eigenvalue weighted by Gasteiger charge is 2.36. The molecule has 78 heavy (non-hydrogen) atoms. The fourth-order valence-electron chi connectivity index (χ4n) is 12.4. The smallest absolute Gasteiger partial charge is 0.417 e. The lowest BCUT2D eigenvalue weighted by molar-refractivity contribution is -0.137. The van der Waals surface area contributed by atoms with Crippen molar-refractivity contribution in [1.29, 1.82) is 0 Å². The standard InChI is InChI=1S/C68H46F6N2O2/c1-37(2)51-35-59(75(55-33-31-53(67(69,70)71)39-15-5-7-17-41(39)55)57-23-13-21-47-43-19-9-11-25-61(43)77-65(47)57)49-30-28-46-52(38(3)4)36-60(50-29-27-45(51)63(49)64(46)50)76(56-34-32-54(68(72,73)74)40-16-6-8-18-42(40)56)58-24-14-22-48-44-20-10-12-26-62(44)78-66(48)58/h5-38H,1-4H3. The quantitative estimate of drug-likeness (QED) is 0.112. The number of hydrogen-bond donors (Lipinski definition) is 0. The molecule has 0 aliphatic carbocycles. The van der Waals surface area contributed by atoms with E-state index in [4.69, 9.17) is 8.83 Å². The van der Waals surface area contributed by atoms with Gasteiger partial charge < -0.3 is 18.6 Å². The predicted molar refractivity (Wildman–Crippen MR) is 307 cm³/mol. The van der Waals surface area contributed by atoms with Crippen LogP contribution < -0.4 is 9.80 Å². The van der Waals surface area contributed by atoms with Gasteiger partial charge in [-0.25, -0.2) is 0 Å². The number of furan rings is 2. The topological polar surface area (TPSA) is 32.8 Å². The summed E-state index contributed by atoms with van der Waals surface area (Å²) in [6, 6.07) is 59.2. The van der Waals surface area contributed by atoms with E-state index in [2.05, 4.69) is 73.9 Å². The average molecular weight is 1040 g/mol. The molecule has 0 fully saturated rings. The Kier molecular flexibility index (Phi) is 10.5. The maximum absolute atomic E-state index is 15.0. The molecule has 14 rings (SSSR count). The van der Waals surface area contributed by atoms with E-state index in [1.807, 2.05) is 84.9 Å². The van der Waals surface area contributed by atoms with Crippen molar-refractivity contribution in [2.45, 2.75) is 51.9 Å². The van der Waals surface area contributed by atoms with E-state index in [1.54, 1.807) is 48.5 Å². The Labute approximate surface area is 443 Å². The highest BCUT2D eigenvalue weighted by molar-refractivity contribution is 6.30. The van der Waals surface area contributed by atoms with Crippen molar-refractivity contribution in [3.05, 3.63) is 216 Å². The summed E-state index contributed by atoms with van der Waals surface area (Å²) in [4.78, 5) is 4.14. The maximum atomic E-state index is 15.0. The summed E-state index contributed by atoms with van der Waals surface area (Å²) in [6.07, 6.45) is -9.25. The van der Waals surface area contributed by atoms with Crippen LogP contribution in [0.1, 0.15) is 61.8 Å². The molecule has 2 aromatic heterocycles. The molecule has 0 atom stereocenters. The molecule has 0 saturated carbocycles. The number of fused-ring (bicyclic) bond motifs is 8. The van der Waals surface area contributed by atoms with Gasteiger partial charge in [0.1, 0.15) is 11.2 Å². The van der Waals surface area contributed by atoms with Gasteiger partial charge in [0.15, 0.2) is 11.2 Å². The van der Waals surface area contributed by atoms with Crippen molar-refractivity contribution in [1.82, 2.24) is 0 Å². The molecule has 0 N–H and O–H groups in total. The molecular formula is C68H46F6N2O2. The fourth-order valence-corrected chi connectivity index (χ4v) is 12.4. The maximum Gasteiger partial charge on any atom is 0.417 e. The summed E-state index contributed by atoms with van der Waals surface area (Å²) in [5.74, 6) is -0.0718. The molecule has 0 saturated heterocycles. The monoisotopic (exact) mass is 1040 g/mol. The SMILES string of the molecule is CC(C)c1cc(N(c2ccc(C(F)(F)F)c3ccccc23)c2cccc3c2oc2ccccc23)c2ccc3c(C(C)C)cc(N(c4ccc(C(F)(F)F)c5ccccc45)c4cccc5c4oc4ccccc45)c4ccc1c2c34. The number of alkyl halides is 6. The Bertz CT molecular complexity index is 4450. The normalized spacial score (nSPS) is 12.7. The van der Waals surface area contributed by atoms with Crippen molar-refractivity contribution >= 4 is 132 Å². The van der Waals surface area contributed by atoms with E-state index in [0.29, 0.717) is 55.9 Å². The predicted octanol–water partition coefficient (Wildman–Crippen LogP) is 21.9. The number of para-hydroxylation sites is 4. The van der Waals surface area contributed by atoms with E-state index < -0.39 is 23.5 Å². The zero-order valence-electron chi connectivity index (χ0n) is 42.6. The largest absolute Gasteiger partial charge is 0.454 e. The third kappa shape index (κ3) is 7.08. The van der Waals surface area contributed by atoms with Crippen LogP contribution in [0.25, 0.3) is 97.7 Å². The molecule has 0 amide bonds. The summed E-state index contributed by atoms with van der Waals surface area (Å²) < 4.78 is 103. The van der Waals surface area contributed by atoms with Crippen LogP contribution in [0.5, 0.6) is 0 Å². The van der Waals surface area contributed by atoms with E-state index >= 15 is 0 Å². The number of benzene rings is 12. The molecule has 10 heteroatoms. The number of halogens is 6. The number of nitrogens with zero attached hydrogens (tertiary/aromatic N) is 2. The van der Waals surface area contributed by atoms with E-state index in [-0.39, 0.29) is 22.6 Å². The minimum absolute atomic E-state index is 0.0359. The molecule has 14 aromatic rings. The Morgan fingerprint density at radius 1 is 0.308 bits per heavy atom. The lowest BCUT2D eigenvalue weighted by Gasteiger charge is -2.32. The van der Waals surface area contributed by atoms with E-state index in [0.717, 1.165) is 76.4 Å². The molecule has 2 heterocycles. The molecule has 12 aromatic carbocycles. The highest BCUT2D eigenvalue weighted by Crippen LogP contribution is 2.55. The van der Waals surface area contributed by atoms with Gasteiger partial charge in [-0.1, -0.05) is 161 Å². The third-order valence-electron chi connectivity index (χ3n) is 15.8. The first kappa shape index (κ1) is 47.4. The fraction of sp³-hybridized carbons (Fsp3) is 0.118. The van der Waals surface area contributed by atoms with Gasteiger partial charge in [-0.05, 0) is 116 Å². The lowest BCUT2D eigenvalue weighted by atomic mass is 9.84. The van der Waals surface area contributed by atoms with Crippen LogP contribution in [0.2, 0.25) is 0 Å². The van der Waals surface area contributed by atoms with Gasteiger partial charge in [-0.3, -0.25) is 0 Å². The van der Waals surface area contributed by atoms with E-state index in [1.165, 1.54) is 24.3 Å². The van der Waals surface area contributed by atoms with Crippen molar-refractivity contribution in [3.8, 4) is 0 Å². The van der Waals surface area contributed by atoms with Gasteiger partial charge in [0.05, 0.1) is 45.3 Å². The van der Waals surface area contributed by atoms with Gasteiger partial charge in [0, 0.05) is 43.1 Å². The van der Waals surface area contributed by atoms with Gasteiger partial charge in [0.25, 0.3) is 0 Å². The Hall–Kier alpha value is -9.02. The number of hydrogen-bond acceptors (Lipinski definition) is 4. The molecule has 0 aliphatic rings. The van der Waals surface area contributed by atoms with Crippen LogP contribution in [0.15, 0.2) is 203 Å². The van der Waals surface area contributed by atoms with Crippen molar-refractivity contribution in [2.24, 2.45) is 0 Å². The first-order chi connectivity index (χ1) is 37.7. The molecule has 0 bridgehead atoms. The minimum Gasteiger partial charge on any atom is -0.454 e. The summed E-state index contributed by atoms with van der Waals surface area (Å²) >= 11 is 0. The highest BCUT2D eigenvalue weighted by atomic mass is 19.4. The first-order valence-electron chi connectivity index (χ1n) is 26.0. The van der Waals surface area contributed by atoms with Crippen LogP contribution in [0.3, 0.4) is 0 Å². The van der Waals surface area contributed by atoms with Gasteiger partial charge in [-0.2, -0.15) is 26.3 Å². The van der Waals surface area contributed by atoms with Gasteiger partial charge in [-0.15, -0.1) is 0 Å². The van der Waals surface area contributed by atoms with E-state index in [9.17, 15) is 26.3 Å². The molecule has 4 nitrogen and oxygen atoms in total. The molecule has 0 radical (unpaired) electrons. The van der Waals surface area contributed by atoms with Crippen molar-refractivity contribution < 1.29 is 35.2 Å². The average Bonchev–Trinajstić information content (AvgIpc) is 4.16. The third-order valence-corrected chi connectivity index (χ3v) is 15.8. The van der Waals surface area contributed by atoms with Crippen LogP contribution in [0.4, 0.5) is 60.5 Å². The summed E-state index contributed by atoms with van der Waals surface area (Å²) in [5, 5.41) is 9.99. The second kappa shape index (κ2) is 17.2. The van der Waals surface area contributed by atoms with Crippen LogP contribution in [0, 0.1) is 0 Å². The van der Waals surface area contributed by atoms with Gasteiger partial charge >= 0.3 is 12.4 Å². The zero-order valence-corrected chi connectivity index (χ0v) is 42.6. The number of anilines is 6. The lowest BCUT2D eigenvalue weighted by Crippen LogP contribution is -2.15. The van der Waals surface area contributed by atoms with Crippen molar-refractivity contribution in [3.63, 3.8) is 0 Å². The van der Waals surface area contributed by atoms with Crippen LogP contribution in [-0.4, -0.2) is 0 Å². The zero-order chi connectivity index (χ0) is 53.5. The molecule has 0 aliphatic heterocycles. The summed E-state index contributed by atoms with van der Waals surface area (Å²) in [5.41, 5.74) is 6.84. The number of rotatable bonds is 8. The second-order valence-corrected chi connectivity index (χ2v) is 20.9. The Morgan fingerprint density at radius 3 is 1.04 bits per heavy atom. The van der Waals surface area contributed by atoms with Gasteiger partial charge in [0.2, 0.25) is 0 Å².